The highest BCUT2D eigenvalue weighted by Gasteiger charge is 2.30. The van der Waals surface area contributed by atoms with E-state index in [4.69, 9.17) is 0 Å². The van der Waals surface area contributed by atoms with E-state index in [-0.39, 0.29) is 0 Å². The van der Waals surface area contributed by atoms with Crippen LogP contribution in [-0.2, 0) is 12.7 Å². The third-order valence-corrected chi connectivity index (χ3v) is 3.25. The van der Waals surface area contributed by atoms with Crippen LogP contribution in [0.2, 0.25) is 0 Å². The minimum Gasteiger partial charge on any atom is -0.378 e. The van der Waals surface area contributed by atoms with Crippen LogP contribution in [0.3, 0.4) is 0 Å². The lowest BCUT2D eigenvalue weighted by molar-refractivity contribution is -0.137. The predicted molar refractivity (Wildman–Crippen MR) is 73.2 cm³/mol. The Morgan fingerprint density at radius 3 is 2.60 bits per heavy atom. The summed E-state index contributed by atoms with van der Waals surface area (Å²) in [5.74, 6) is 0.649. The third-order valence-electron chi connectivity index (χ3n) is 2.59. The van der Waals surface area contributed by atoms with Gasteiger partial charge in [-0.25, -0.2) is 9.97 Å². The minimum absolute atomic E-state index is 0.359. The van der Waals surface area contributed by atoms with Crippen LogP contribution in [0.4, 0.5) is 18.9 Å². The van der Waals surface area contributed by atoms with Gasteiger partial charge in [0.15, 0.2) is 0 Å². The molecule has 1 aromatic heterocycles. The maximum absolute atomic E-state index is 12.5. The SMILES string of the molecule is Cc1nccc(CNc2ccc(C(F)(F)F)cc2Br)n1. The van der Waals surface area contributed by atoms with E-state index in [0.717, 1.165) is 17.8 Å². The zero-order valence-corrected chi connectivity index (χ0v) is 12.1. The average molecular weight is 346 g/mol. The van der Waals surface area contributed by atoms with Crippen molar-refractivity contribution in [3.63, 3.8) is 0 Å². The summed E-state index contributed by atoms with van der Waals surface area (Å²) in [5, 5.41) is 3.03. The number of benzene rings is 1. The molecule has 1 aromatic carbocycles. The Hall–Kier alpha value is -1.63. The average Bonchev–Trinajstić information content (AvgIpc) is 2.36. The summed E-state index contributed by atoms with van der Waals surface area (Å²) in [5.41, 5.74) is 0.659. The highest BCUT2D eigenvalue weighted by Crippen LogP contribution is 2.33. The quantitative estimate of drug-likeness (QED) is 0.906. The topological polar surface area (TPSA) is 37.8 Å². The normalized spacial score (nSPS) is 11.4. The fraction of sp³-hybridized carbons (Fsp3) is 0.231. The molecule has 0 aliphatic rings. The summed E-state index contributed by atoms with van der Waals surface area (Å²) in [4.78, 5) is 8.18. The number of aryl methyl sites for hydroxylation is 1. The molecule has 0 fully saturated rings. The molecule has 2 rings (SSSR count). The van der Waals surface area contributed by atoms with Crippen molar-refractivity contribution in [3.8, 4) is 0 Å². The van der Waals surface area contributed by atoms with Crippen LogP contribution in [0.15, 0.2) is 34.9 Å². The number of hydrogen-bond donors (Lipinski definition) is 1. The van der Waals surface area contributed by atoms with E-state index in [0.29, 0.717) is 22.5 Å². The molecular formula is C13H11BrF3N3. The first-order valence-electron chi connectivity index (χ1n) is 5.75. The van der Waals surface area contributed by atoms with Crippen molar-refractivity contribution in [2.75, 3.05) is 5.32 Å². The van der Waals surface area contributed by atoms with Crippen LogP contribution >= 0.6 is 15.9 Å². The number of nitrogens with one attached hydrogen (secondary N) is 1. The molecule has 7 heteroatoms. The molecule has 0 aliphatic carbocycles. The first-order chi connectivity index (χ1) is 9.36. The Labute approximate surface area is 122 Å². The maximum Gasteiger partial charge on any atom is 0.416 e. The molecule has 0 radical (unpaired) electrons. The zero-order valence-electron chi connectivity index (χ0n) is 10.5. The Kier molecular flexibility index (Phi) is 4.27. The van der Waals surface area contributed by atoms with Crippen LogP contribution in [0.1, 0.15) is 17.1 Å². The van der Waals surface area contributed by atoms with Gasteiger partial charge in [-0.15, -0.1) is 0 Å². The fourth-order valence-corrected chi connectivity index (χ4v) is 2.14. The van der Waals surface area contributed by atoms with Crippen molar-refractivity contribution < 1.29 is 13.2 Å². The molecule has 0 bridgehead atoms. The first kappa shape index (κ1) is 14.8. The van der Waals surface area contributed by atoms with Gasteiger partial charge in [0, 0.05) is 16.4 Å². The van der Waals surface area contributed by atoms with Crippen molar-refractivity contribution in [3.05, 3.63) is 52.0 Å². The van der Waals surface area contributed by atoms with E-state index in [1.807, 2.05) is 0 Å². The van der Waals surface area contributed by atoms with E-state index in [2.05, 4.69) is 31.2 Å². The molecule has 0 unspecified atom stereocenters. The number of rotatable bonds is 3. The van der Waals surface area contributed by atoms with Crippen molar-refractivity contribution in [2.24, 2.45) is 0 Å². The number of halogens is 4. The van der Waals surface area contributed by atoms with Crippen LogP contribution in [0.5, 0.6) is 0 Å². The van der Waals surface area contributed by atoms with Crippen molar-refractivity contribution in [1.82, 2.24) is 9.97 Å². The molecular weight excluding hydrogens is 335 g/mol. The molecule has 2 aromatic rings. The fourth-order valence-electron chi connectivity index (χ4n) is 1.62. The molecule has 0 aliphatic heterocycles. The van der Waals surface area contributed by atoms with Crippen LogP contribution in [0.25, 0.3) is 0 Å². The van der Waals surface area contributed by atoms with Gasteiger partial charge in [0.25, 0.3) is 0 Å². The Morgan fingerprint density at radius 2 is 2.00 bits per heavy atom. The lowest BCUT2D eigenvalue weighted by Crippen LogP contribution is -2.07. The Balaban J connectivity index is 2.11. The third kappa shape index (κ3) is 3.69. The molecule has 0 atom stereocenters. The minimum atomic E-state index is -4.34. The number of alkyl halides is 3. The van der Waals surface area contributed by atoms with Crippen LogP contribution < -0.4 is 5.32 Å². The lowest BCUT2D eigenvalue weighted by atomic mass is 10.2. The standard InChI is InChI=1S/C13H11BrF3N3/c1-8-18-5-4-10(20-8)7-19-12-3-2-9(6-11(12)14)13(15,16)17/h2-6,19H,7H2,1H3. The monoisotopic (exact) mass is 345 g/mol. The van der Waals surface area contributed by atoms with Gasteiger partial charge >= 0.3 is 6.18 Å². The first-order valence-corrected chi connectivity index (χ1v) is 6.55. The molecule has 0 saturated carbocycles. The second-order valence-electron chi connectivity index (χ2n) is 4.14. The number of anilines is 1. The van der Waals surface area contributed by atoms with E-state index in [9.17, 15) is 13.2 Å². The molecule has 20 heavy (non-hydrogen) atoms. The maximum atomic E-state index is 12.5. The highest BCUT2D eigenvalue weighted by molar-refractivity contribution is 9.10. The van der Waals surface area contributed by atoms with Gasteiger partial charge in [-0.2, -0.15) is 13.2 Å². The van der Waals surface area contributed by atoms with E-state index in [1.54, 1.807) is 19.2 Å². The van der Waals surface area contributed by atoms with Crippen LogP contribution in [0, 0.1) is 6.92 Å². The highest BCUT2D eigenvalue weighted by atomic mass is 79.9. The second-order valence-corrected chi connectivity index (χ2v) is 5.00. The zero-order chi connectivity index (χ0) is 14.8. The van der Waals surface area contributed by atoms with Crippen molar-refractivity contribution in [2.45, 2.75) is 19.6 Å². The van der Waals surface area contributed by atoms with Gasteiger partial charge in [0.1, 0.15) is 5.82 Å². The summed E-state index contributed by atoms with van der Waals surface area (Å²) in [6.45, 7) is 2.19. The van der Waals surface area contributed by atoms with E-state index >= 15 is 0 Å². The van der Waals surface area contributed by atoms with E-state index in [1.165, 1.54) is 6.07 Å². The van der Waals surface area contributed by atoms with Crippen molar-refractivity contribution >= 4 is 21.6 Å². The summed E-state index contributed by atoms with van der Waals surface area (Å²) in [6.07, 6.45) is -2.70. The van der Waals surface area contributed by atoms with E-state index < -0.39 is 11.7 Å². The molecule has 3 nitrogen and oxygen atoms in total. The predicted octanol–water partition coefficient (Wildman–Crippen LogP) is 4.18. The van der Waals surface area contributed by atoms with Crippen LogP contribution in [-0.4, -0.2) is 9.97 Å². The summed E-state index contributed by atoms with van der Waals surface area (Å²) in [7, 11) is 0. The molecule has 0 amide bonds. The van der Waals surface area contributed by atoms with Gasteiger partial charge in [-0.3, -0.25) is 0 Å². The number of aromatic nitrogens is 2. The number of hydrogen-bond acceptors (Lipinski definition) is 3. The number of nitrogens with zero attached hydrogens (tertiary/aromatic N) is 2. The summed E-state index contributed by atoms with van der Waals surface area (Å²) < 4.78 is 38.0. The smallest absolute Gasteiger partial charge is 0.378 e. The molecule has 0 saturated heterocycles. The largest absolute Gasteiger partial charge is 0.416 e. The van der Waals surface area contributed by atoms with Gasteiger partial charge in [-0.05, 0) is 47.1 Å². The van der Waals surface area contributed by atoms with Gasteiger partial charge < -0.3 is 5.32 Å². The molecule has 106 valence electrons. The Morgan fingerprint density at radius 1 is 1.25 bits per heavy atom. The summed E-state index contributed by atoms with van der Waals surface area (Å²) >= 11 is 3.13. The molecule has 1 heterocycles. The van der Waals surface area contributed by atoms with Gasteiger partial charge in [0.2, 0.25) is 0 Å². The van der Waals surface area contributed by atoms with Crippen molar-refractivity contribution in [1.29, 1.82) is 0 Å². The lowest BCUT2D eigenvalue weighted by Gasteiger charge is -2.11. The Bertz CT molecular complexity index is 614. The second kappa shape index (κ2) is 5.78. The molecule has 1 N–H and O–H groups in total. The van der Waals surface area contributed by atoms with Gasteiger partial charge in [-0.1, -0.05) is 0 Å². The van der Waals surface area contributed by atoms with Gasteiger partial charge in [0.05, 0.1) is 17.8 Å². The summed E-state index contributed by atoms with van der Waals surface area (Å²) in [6, 6.07) is 5.23. The molecule has 0 spiro atoms.